The van der Waals surface area contributed by atoms with Gasteiger partial charge in [0.1, 0.15) is 0 Å². The quantitative estimate of drug-likeness (QED) is 0.466. The molecule has 0 saturated carbocycles. The van der Waals surface area contributed by atoms with Crippen molar-refractivity contribution in [3.05, 3.63) is 41.8 Å². The highest BCUT2D eigenvalue weighted by Gasteiger charge is 2.04. The molecule has 0 radical (unpaired) electrons. The number of guanidine groups is 1. The maximum Gasteiger partial charge on any atom is 0.246 e. The number of nitrogens with one attached hydrogen (secondary N) is 2. The Kier molecular flexibility index (Phi) is 6.91. The van der Waals surface area contributed by atoms with Crippen molar-refractivity contribution < 1.29 is 4.52 Å². The number of pyridine rings is 1. The van der Waals surface area contributed by atoms with Crippen LogP contribution in [0.3, 0.4) is 0 Å². The molecule has 0 aliphatic heterocycles. The molecule has 108 valence electrons. The number of hydrogen-bond acceptors (Lipinski definition) is 5. The fraction of sp³-hybridized carbons (Fsp3) is 0.333. The highest BCUT2D eigenvalue weighted by Crippen LogP contribution is 1.95. The topological polar surface area (TPSA) is 88.2 Å². The summed E-state index contributed by atoms with van der Waals surface area (Å²) in [7, 11) is 1.70. The molecule has 2 rings (SSSR count). The predicted molar refractivity (Wildman–Crippen MR) is 85.7 cm³/mol. The molecule has 20 heavy (non-hydrogen) atoms. The van der Waals surface area contributed by atoms with Crippen molar-refractivity contribution in [2.24, 2.45) is 4.99 Å². The maximum atomic E-state index is 5.00. The van der Waals surface area contributed by atoms with E-state index in [0.717, 1.165) is 5.69 Å². The van der Waals surface area contributed by atoms with E-state index in [9.17, 15) is 0 Å². The number of hydrogen-bond donors (Lipinski definition) is 2. The van der Waals surface area contributed by atoms with Crippen LogP contribution in [0.4, 0.5) is 0 Å². The Labute approximate surface area is 134 Å². The SMILES string of the molecule is CN=C(NCc1ccccn1)NCc1nc(C)no1.I. The van der Waals surface area contributed by atoms with Crippen LogP contribution < -0.4 is 10.6 Å². The highest BCUT2D eigenvalue weighted by molar-refractivity contribution is 14.0. The minimum Gasteiger partial charge on any atom is -0.351 e. The lowest BCUT2D eigenvalue weighted by molar-refractivity contribution is 0.371. The van der Waals surface area contributed by atoms with Crippen molar-refractivity contribution in [2.45, 2.75) is 20.0 Å². The zero-order valence-electron chi connectivity index (χ0n) is 11.3. The second-order valence-electron chi connectivity index (χ2n) is 3.84. The van der Waals surface area contributed by atoms with Gasteiger partial charge in [-0.1, -0.05) is 11.2 Å². The largest absolute Gasteiger partial charge is 0.351 e. The molecule has 0 fully saturated rings. The summed E-state index contributed by atoms with van der Waals surface area (Å²) >= 11 is 0. The van der Waals surface area contributed by atoms with Crippen molar-refractivity contribution in [1.29, 1.82) is 0 Å². The van der Waals surface area contributed by atoms with Crippen LogP contribution in [0.25, 0.3) is 0 Å². The Bertz CT molecular complexity index is 542. The van der Waals surface area contributed by atoms with Gasteiger partial charge in [-0.3, -0.25) is 9.98 Å². The number of aliphatic imine (C=N–C) groups is 1. The van der Waals surface area contributed by atoms with Crippen LogP contribution in [-0.4, -0.2) is 28.1 Å². The van der Waals surface area contributed by atoms with E-state index in [-0.39, 0.29) is 24.0 Å². The molecule has 0 bridgehead atoms. The normalized spacial score (nSPS) is 10.8. The van der Waals surface area contributed by atoms with Gasteiger partial charge in [-0.15, -0.1) is 24.0 Å². The standard InChI is InChI=1S/C12H16N6O.HI/c1-9-17-11(19-18-9)8-16-12(13-2)15-7-10-5-3-4-6-14-10;/h3-6H,7-8H2,1-2H3,(H2,13,15,16);1H. The monoisotopic (exact) mass is 388 g/mol. The molecule has 2 N–H and O–H groups in total. The lowest BCUT2D eigenvalue weighted by atomic mass is 10.3. The van der Waals surface area contributed by atoms with E-state index in [1.54, 1.807) is 20.2 Å². The average Bonchev–Trinajstić information content (AvgIpc) is 2.86. The van der Waals surface area contributed by atoms with Crippen LogP contribution >= 0.6 is 24.0 Å². The second kappa shape index (κ2) is 8.46. The number of nitrogens with zero attached hydrogens (tertiary/aromatic N) is 4. The summed E-state index contributed by atoms with van der Waals surface area (Å²) in [5.41, 5.74) is 0.944. The molecule has 7 nitrogen and oxygen atoms in total. The number of aryl methyl sites for hydroxylation is 1. The fourth-order valence-electron chi connectivity index (χ4n) is 1.47. The molecule has 8 heteroatoms. The maximum absolute atomic E-state index is 5.00. The lowest BCUT2D eigenvalue weighted by Crippen LogP contribution is -2.36. The van der Waals surface area contributed by atoms with Gasteiger partial charge in [0, 0.05) is 13.2 Å². The van der Waals surface area contributed by atoms with Crippen molar-refractivity contribution in [2.75, 3.05) is 7.05 Å². The average molecular weight is 388 g/mol. The van der Waals surface area contributed by atoms with Gasteiger partial charge < -0.3 is 15.2 Å². The third-order valence-corrected chi connectivity index (χ3v) is 2.36. The van der Waals surface area contributed by atoms with Gasteiger partial charge in [-0.2, -0.15) is 4.98 Å². The second-order valence-corrected chi connectivity index (χ2v) is 3.84. The molecule has 0 saturated heterocycles. The molecular formula is C12H17IN6O. The van der Waals surface area contributed by atoms with Crippen LogP contribution in [-0.2, 0) is 13.1 Å². The molecule has 0 aromatic carbocycles. The van der Waals surface area contributed by atoms with Gasteiger partial charge in [-0.25, -0.2) is 0 Å². The van der Waals surface area contributed by atoms with Crippen LogP contribution in [0, 0.1) is 6.92 Å². The van der Waals surface area contributed by atoms with Gasteiger partial charge in [0.05, 0.1) is 18.8 Å². The number of aromatic nitrogens is 3. The molecular weight excluding hydrogens is 371 g/mol. The first-order valence-corrected chi connectivity index (χ1v) is 5.91. The molecule has 2 aromatic heterocycles. The zero-order valence-corrected chi connectivity index (χ0v) is 13.7. The van der Waals surface area contributed by atoms with E-state index in [2.05, 4.69) is 30.8 Å². The Morgan fingerprint density at radius 2 is 2.10 bits per heavy atom. The third kappa shape index (κ3) is 5.11. The van der Waals surface area contributed by atoms with Gasteiger partial charge >= 0.3 is 0 Å². The zero-order chi connectivity index (χ0) is 13.5. The molecule has 2 aromatic rings. The van der Waals surface area contributed by atoms with Crippen LogP contribution in [0.15, 0.2) is 33.9 Å². The summed E-state index contributed by atoms with van der Waals surface area (Å²) in [6.45, 7) is 2.81. The first kappa shape index (κ1) is 16.3. The van der Waals surface area contributed by atoms with E-state index < -0.39 is 0 Å². The first-order valence-electron chi connectivity index (χ1n) is 5.91. The van der Waals surface area contributed by atoms with Crippen LogP contribution in [0.2, 0.25) is 0 Å². The summed E-state index contributed by atoms with van der Waals surface area (Å²) in [4.78, 5) is 12.4. The summed E-state index contributed by atoms with van der Waals surface area (Å²) < 4.78 is 5.00. The van der Waals surface area contributed by atoms with E-state index in [4.69, 9.17) is 4.52 Å². The smallest absolute Gasteiger partial charge is 0.246 e. The minimum atomic E-state index is 0. The van der Waals surface area contributed by atoms with Gasteiger partial charge in [0.15, 0.2) is 11.8 Å². The fourth-order valence-corrected chi connectivity index (χ4v) is 1.47. The summed E-state index contributed by atoms with van der Waals surface area (Å²) in [6, 6.07) is 5.78. The van der Waals surface area contributed by atoms with Gasteiger partial charge in [0.2, 0.25) is 5.89 Å². The van der Waals surface area contributed by atoms with E-state index in [1.807, 2.05) is 18.2 Å². The molecule has 0 unspecified atom stereocenters. The van der Waals surface area contributed by atoms with Crippen LogP contribution in [0.5, 0.6) is 0 Å². The van der Waals surface area contributed by atoms with Gasteiger partial charge in [-0.05, 0) is 19.1 Å². The van der Waals surface area contributed by atoms with Crippen molar-refractivity contribution in [3.63, 3.8) is 0 Å². The third-order valence-electron chi connectivity index (χ3n) is 2.36. The molecule has 0 aliphatic rings. The summed E-state index contributed by atoms with van der Waals surface area (Å²) in [6.07, 6.45) is 1.76. The highest BCUT2D eigenvalue weighted by atomic mass is 127. The van der Waals surface area contributed by atoms with E-state index in [0.29, 0.717) is 30.8 Å². The summed E-state index contributed by atoms with van der Waals surface area (Å²) in [5.74, 6) is 1.80. The molecule has 0 aliphatic carbocycles. The minimum absolute atomic E-state index is 0. The Morgan fingerprint density at radius 1 is 1.30 bits per heavy atom. The molecule has 0 atom stereocenters. The Morgan fingerprint density at radius 3 is 2.70 bits per heavy atom. The molecule has 0 spiro atoms. The summed E-state index contributed by atoms with van der Waals surface area (Å²) in [5, 5.41) is 9.95. The Balaban J connectivity index is 0.00000200. The van der Waals surface area contributed by atoms with Crippen LogP contribution in [0.1, 0.15) is 17.4 Å². The number of halogens is 1. The van der Waals surface area contributed by atoms with Crippen molar-refractivity contribution in [1.82, 2.24) is 25.8 Å². The van der Waals surface area contributed by atoms with E-state index >= 15 is 0 Å². The number of rotatable bonds is 4. The van der Waals surface area contributed by atoms with Crippen molar-refractivity contribution in [3.8, 4) is 0 Å². The van der Waals surface area contributed by atoms with Gasteiger partial charge in [0.25, 0.3) is 0 Å². The van der Waals surface area contributed by atoms with Crippen molar-refractivity contribution >= 4 is 29.9 Å². The molecule has 0 amide bonds. The lowest BCUT2D eigenvalue weighted by Gasteiger charge is -2.09. The first-order chi connectivity index (χ1) is 9.28. The molecule has 2 heterocycles. The Hall–Kier alpha value is -1.71. The predicted octanol–water partition coefficient (Wildman–Crippen LogP) is 1.26. The van der Waals surface area contributed by atoms with E-state index in [1.165, 1.54) is 0 Å².